The van der Waals surface area contributed by atoms with Crippen molar-refractivity contribution >= 4 is 11.8 Å². The van der Waals surface area contributed by atoms with Crippen LogP contribution in [0.1, 0.15) is 29.9 Å². The molecule has 0 aliphatic rings. The summed E-state index contributed by atoms with van der Waals surface area (Å²) in [6.45, 7) is 4.00. The molecule has 5 heteroatoms. The molecule has 13 heavy (non-hydrogen) atoms. The second-order valence-electron chi connectivity index (χ2n) is 2.54. The van der Waals surface area contributed by atoms with E-state index in [-0.39, 0.29) is 5.82 Å². The number of esters is 1. The molecule has 1 heterocycles. The van der Waals surface area contributed by atoms with Crippen LogP contribution < -0.4 is 5.73 Å². The van der Waals surface area contributed by atoms with Crippen LogP contribution in [0.5, 0.6) is 0 Å². The van der Waals surface area contributed by atoms with E-state index in [4.69, 9.17) is 10.5 Å². The van der Waals surface area contributed by atoms with Crippen LogP contribution in [0.4, 0.5) is 5.82 Å². The minimum absolute atomic E-state index is 0.204. The van der Waals surface area contributed by atoms with Crippen molar-refractivity contribution in [2.75, 3.05) is 12.3 Å². The maximum Gasteiger partial charge on any atom is 0.343 e. The van der Waals surface area contributed by atoms with Gasteiger partial charge in [-0.15, -0.1) is 0 Å². The van der Waals surface area contributed by atoms with Crippen LogP contribution in [0.2, 0.25) is 0 Å². The molecule has 0 radical (unpaired) electrons. The van der Waals surface area contributed by atoms with Gasteiger partial charge >= 0.3 is 5.97 Å². The van der Waals surface area contributed by atoms with E-state index in [0.717, 1.165) is 5.69 Å². The number of aromatic nitrogens is 2. The summed E-state index contributed by atoms with van der Waals surface area (Å²) in [7, 11) is 0. The summed E-state index contributed by atoms with van der Waals surface area (Å²) in [5.41, 5.74) is 6.59. The molecule has 0 aromatic carbocycles. The Hall–Kier alpha value is -1.52. The van der Waals surface area contributed by atoms with Gasteiger partial charge in [0.2, 0.25) is 0 Å². The minimum atomic E-state index is -0.411. The van der Waals surface area contributed by atoms with Gasteiger partial charge in [-0.2, -0.15) is 5.10 Å². The topological polar surface area (TPSA) is 81.0 Å². The van der Waals surface area contributed by atoms with E-state index in [1.54, 1.807) is 6.92 Å². The highest BCUT2D eigenvalue weighted by Crippen LogP contribution is 2.14. The highest BCUT2D eigenvalue weighted by atomic mass is 16.5. The molecule has 0 aliphatic heterocycles. The molecule has 0 bridgehead atoms. The van der Waals surface area contributed by atoms with Gasteiger partial charge in [0.25, 0.3) is 0 Å². The molecule has 0 spiro atoms. The number of anilines is 1. The Morgan fingerprint density at radius 2 is 2.31 bits per heavy atom. The summed E-state index contributed by atoms with van der Waals surface area (Å²) in [5.74, 6) is -0.207. The van der Waals surface area contributed by atoms with Crippen molar-refractivity contribution in [1.29, 1.82) is 0 Å². The van der Waals surface area contributed by atoms with Crippen molar-refractivity contribution < 1.29 is 9.53 Å². The zero-order valence-corrected chi connectivity index (χ0v) is 7.76. The monoisotopic (exact) mass is 183 g/mol. The van der Waals surface area contributed by atoms with Crippen molar-refractivity contribution in [3.8, 4) is 0 Å². The van der Waals surface area contributed by atoms with Crippen molar-refractivity contribution in [1.82, 2.24) is 10.2 Å². The van der Waals surface area contributed by atoms with Gasteiger partial charge in [-0.05, 0) is 13.3 Å². The maximum atomic E-state index is 11.3. The first-order valence-electron chi connectivity index (χ1n) is 4.20. The molecule has 0 unspecified atom stereocenters. The molecule has 0 atom stereocenters. The lowest BCUT2D eigenvalue weighted by Crippen LogP contribution is -2.08. The number of carbonyl (C=O) groups excluding carboxylic acids is 1. The first-order chi connectivity index (χ1) is 6.20. The maximum absolute atomic E-state index is 11.3. The molecule has 1 rings (SSSR count). The number of rotatable bonds is 3. The van der Waals surface area contributed by atoms with Crippen molar-refractivity contribution in [3.05, 3.63) is 11.3 Å². The Morgan fingerprint density at radius 3 is 2.85 bits per heavy atom. The Morgan fingerprint density at radius 1 is 1.62 bits per heavy atom. The fourth-order valence-corrected chi connectivity index (χ4v) is 1.08. The molecular weight excluding hydrogens is 170 g/mol. The Bertz CT molecular complexity index is 306. The highest BCUT2D eigenvalue weighted by Gasteiger charge is 2.18. The van der Waals surface area contributed by atoms with Crippen molar-refractivity contribution in [3.63, 3.8) is 0 Å². The van der Waals surface area contributed by atoms with Crippen LogP contribution in [-0.4, -0.2) is 22.8 Å². The smallest absolute Gasteiger partial charge is 0.343 e. The predicted molar refractivity (Wildman–Crippen MR) is 48.3 cm³/mol. The van der Waals surface area contributed by atoms with Gasteiger partial charge in [0.1, 0.15) is 5.56 Å². The third-order valence-corrected chi connectivity index (χ3v) is 1.70. The molecule has 3 N–H and O–H groups in total. The fourth-order valence-electron chi connectivity index (χ4n) is 1.08. The number of hydrogen-bond acceptors (Lipinski definition) is 4. The summed E-state index contributed by atoms with van der Waals surface area (Å²) in [5, 5.41) is 6.43. The first-order valence-corrected chi connectivity index (χ1v) is 4.20. The van der Waals surface area contributed by atoms with Crippen molar-refractivity contribution in [2.24, 2.45) is 0 Å². The van der Waals surface area contributed by atoms with E-state index in [1.807, 2.05) is 6.92 Å². The van der Waals surface area contributed by atoms with E-state index in [1.165, 1.54) is 0 Å². The summed E-state index contributed by atoms with van der Waals surface area (Å²) in [6.07, 6.45) is 0.679. The fraction of sp³-hybridized carbons (Fsp3) is 0.500. The first kappa shape index (κ1) is 9.57. The summed E-state index contributed by atoms with van der Waals surface area (Å²) in [4.78, 5) is 11.3. The number of carbonyl (C=O) groups is 1. The molecule has 1 aromatic rings. The van der Waals surface area contributed by atoms with Crippen LogP contribution in [0.3, 0.4) is 0 Å². The number of aryl methyl sites for hydroxylation is 1. The highest BCUT2D eigenvalue weighted by molar-refractivity contribution is 5.95. The van der Waals surface area contributed by atoms with Crippen LogP contribution in [0, 0.1) is 0 Å². The lowest BCUT2D eigenvalue weighted by atomic mass is 10.2. The SMILES string of the molecule is CCOC(=O)c1c(N)n[nH]c1CC. The van der Waals surface area contributed by atoms with E-state index in [9.17, 15) is 4.79 Å². The van der Waals surface area contributed by atoms with Gasteiger partial charge in [-0.3, -0.25) is 5.10 Å². The number of nitrogens with zero attached hydrogens (tertiary/aromatic N) is 1. The normalized spacial score (nSPS) is 10.0. The van der Waals surface area contributed by atoms with Gasteiger partial charge < -0.3 is 10.5 Å². The number of aromatic amines is 1. The third kappa shape index (κ3) is 1.80. The number of ether oxygens (including phenoxy) is 1. The third-order valence-electron chi connectivity index (χ3n) is 1.70. The molecule has 72 valence electrons. The second-order valence-corrected chi connectivity index (χ2v) is 2.54. The molecule has 5 nitrogen and oxygen atoms in total. The van der Waals surface area contributed by atoms with E-state index in [0.29, 0.717) is 18.6 Å². The Balaban J connectivity index is 2.96. The quantitative estimate of drug-likeness (QED) is 0.677. The van der Waals surface area contributed by atoms with E-state index < -0.39 is 5.97 Å². The van der Waals surface area contributed by atoms with Crippen molar-refractivity contribution in [2.45, 2.75) is 20.3 Å². The minimum Gasteiger partial charge on any atom is -0.462 e. The standard InChI is InChI=1S/C8H13N3O2/c1-3-5-6(7(9)11-10-5)8(12)13-4-2/h3-4H2,1-2H3,(H3,9,10,11). The zero-order chi connectivity index (χ0) is 9.84. The van der Waals surface area contributed by atoms with Crippen LogP contribution in [0.25, 0.3) is 0 Å². The van der Waals surface area contributed by atoms with Crippen LogP contribution >= 0.6 is 0 Å². The molecular formula is C8H13N3O2. The summed E-state index contributed by atoms with van der Waals surface area (Å²) in [6, 6.07) is 0. The molecule has 0 amide bonds. The van der Waals surface area contributed by atoms with Crippen LogP contribution in [-0.2, 0) is 11.2 Å². The van der Waals surface area contributed by atoms with E-state index in [2.05, 4.69) is 10.2 Å². The molecule has 1 aromatic heterocycles. The summed E-state index contributed by atoms with van der Waals surface area (Å²) >= 11 is 0. The lowest BCUT2D eigenvalue weighted by molar-refractivity contribution is 0.0526. The number of nitrogens with two attached hydrogens (primary N) is 1. The van der Waals surface area contributed by atoms with E-state index >= 15 is 0 Å². The second kappa shape index (κ2) is 3.93. The van der Waals surface area contributed by atoms with Gasteiger partial charge in [0.15, 0.2) is 5.82 Å². The predicted octanol–water partition coefficient (Wildman–Crippen LogP) is 0.731. The number of hydrogen-bond donors (Lipinski definition) is 2. The average molecular weight is 183 g/mol. The number of nitrogens with one attached hydrogen (secondary N) is 1. The number of nitrogen functional groups attached to an aromatic ring is 1. The van der Waals surface area contributed by atoms with Crippen LogP contribution in [0.15, 0.2) is 0 Å². The van der Waals surface area contributed by atoms with Gasteiger partial charge in [0, 0.05) is 0 Å². The summed E-state index contributed by atoms with van der Waals surface area (Å²) < 4.78 is 4.83. The molecule has 0 saturated heterocycles. The lowest BCUT2D eigenvalue weighted by Gasteiger charge is -2.01. The van der Waals surface area contributed by atoms with Gasteiger partial charge in [-0.25, -0.2) is 4.79 Å². The largest absolute Gasteiger partial charge is 0.462 e. The Labute approximate surface area is 76.3 Å². The van der Waals surface area contributed by atoms with Gasteiger partial charge in [-0.1, -0.05) is 6.92 Å². The molecule has 0 saturated carbocycles. The number of H-pyrrole nitrogens is 1. The molecule has 0 aliphatic carbocycles. The Kier molecular flexibility index (Phi) is 2.89. The molecule has 0 fully saturated rings. The van der Waals surface area contributed by atoms with Gasteiger partial charge in [0.05, 0.1) is 12.3 Å². The average Bonchev–Trinajstić information content (AvgIpc) is 2.47. The zero-order valence-electron chi connectivity index (χ0n) is 7.76.